The Kier molecular flexibility index (Phi) is 4.40. The summed E-state index contributed by atoms with van der Waals surface area (Å²) >= 11 is 0. The third-order valence-corrected chi connectivity index (χ3v) is 5.02. The Bertz CT molecular complexity index is 1410. The lowest BCUT2D eigenvalue weighted by Crippen LogP contribution is -2.19. The summed E-state index contributed by atoms with van der Waals surface area (Å²) in [5, 5.41) is 2.87. The van der Waals surface area contributed by atoms with Crippen LogP contribution in [0.2, 0.25) is 0 Å². The van der Waals surface area contributed by atoms with Crippen LogP contribution in [0, 0.1) is 0 Å². The fraction of sp³-hybridized carbons (Fsp3) is 0.0870. The predicted octanol–water partition coefficient (Wildman–Crippen LogP) is 3.96. The molecule has 7 heteroatoms. The topological polar surface area (TPSA) is 82.1 Å². The molecule has 148 valence electrons. The number of rotatable bonds is 5. The number of imidazole rings is 1. The first kappa shape index (κ1) is 17.9. The van der Waals surface area contributed by atoms with Crippen LogP contribution < -0.4 is 11.1 Å². The third-order valence-electron chi connectivity index (χ3n) is 5.02. The number of carbonyl (C=O) groups excluding carboxylic acids is 1. The van der Waals surface area contributed by atoms with Gasteiger partial charge in [0.1, 0.15) is 6.33 Å². The average molecular weight is 398 g/mol. The molecular formula is C23H18N4O3. The van der Waals surface area contributed by atoms with Gasteiger partial charge >= 0.3 is 5.76 Å². The number of anilines is 1. The van der Waals surface area contributed by atoms with E-state index in [4.69, 9.17) is 4.42 Å². The monoisotopic (exact) mass is 398 g/mol. The molecule has 0 fully saturated rings. The number of hydrogen-bond donors (Lipinski definition) is 1. The van der Waals surface area contributed by atoms with Crippen molar-refractivity contribution in [3.63, 3.8) is 0 Å². The first-order valence-corrected chi connectivity index (χ1v) is 9.60. The van der Waals surface area contributed by atoms with E-state index >= 15 is 0 Å². The summed E-state index contributed by atoms with van der Waals surface area (Å²) in [5.41, 5.74) is 4.80. The van der Waals surface area contributed by atoms with E-state index in [0.29, 0.717) is 16.8 Å². The van der Waals surface area contributed by atoms with Crippen LogP contribution in [0.1, 0.15) is 6.42 Å². The second-order valence-electron chi connectivity index (χ2n) is 6.94. The molecule has 0 unspecified atom stereocenters. The van der Waals surface area contributed by atoms with Gasteiger partial charge in [-0.25, -0.2) is 9.78 Å². The summed E-state index contributed by atoms with van der Waals surface area (Å²) in [6.07, 6.45) is 1.95. The summed E-state index contributed by atoms with van der Waals surface area (Å²) in [6, 6.07) is 22.6. The summed E-state index contributed by atoms with van der Waals surface area (Å²) in [5.74, 6) is -0.631. The standard InChI is InChI=1S/C23H18N4O3/c28-22(13-14-26-20-7-3-4-8-21(20)30-23(26)29)25-16-9-11-17(12-10-16)27-15-24-18-5-1-2-6-19(18)27/h1-12,15H,13-14H2,(H,25,28). The molecule has 0 aliphatic carbocycles. The van der Waals surface area contributed by atoms with Gasteiger partial charge in [-0.15, -0.1) is 0 Å². The Labute approximate surface area is 171 Å². The van der Waals surface area contributed by atoms with Gasteiger partial charge in [0.25, 0.3) is 0 Å². The highest BCUT2D eigenvalue weighted by atomic mass is 16.4. The maximum atomic E-state index is 12.4. The van der Waals surface area contributed by atoms with E-state index in [1.807, 2.05) is 59.2 Å². The Hall–Kier alpha value is -4.13. The van der Waals surface area contributed by atoms with Crippen LogP contribution in [0.25, 0.3) is 27.8 Å². The lowest BCUT2D eigenvalue weighted by Gasteiger charge is -2.08. The largest absolute Gasteiger partial charge is 0.419 e. The van der Waals surface area contributed by atoms with Crippen LogP contribution in [0.3, 0.4) is 0 Å². The minimum atomic E-state index is -0.457. The third kappa shape index (κ3) is 3.26. The molecule has 2 aromatic heterocycles. The van der Waals surface area contributed by atoms with Crippen LogP contribution in [0.5, 0.6) is 0 Å². The molecule has 0 aliphatic rings. The lowest BCUT2D eigenvalue weighted by atomic mass is 10.2. The molecule has 5 rings (SSSR count). The van der Waals surface area contributed by atoms with Crippen molar-refractivity contribution in [3.8, 4) is 5.69 Å². The van der Waals surface area contributed by atoms with Gasteiger partial charge in [0.05, 0.1) is 16.6 Å². The minimum absolute atomic E-state index is 0.164. The second kappa shape index (κ2) is 7.36. The van der Waals surface area contributed by atoms with Gasteiger partial charge in [0.15, 0.2) is 5.58 Å². The van der Waals surface area contributed by atoms with Gasteiger partial charge in [-0.2, -0.15) is 0 Å². The van der Waals surface area contributed by atoms with E-state index in [1.54, 1.807) is 24.5 Å². The molecule has 3 aromatic carbocycles. The molecule has 0 saturated heterocycles. The van der Waals surface area contributed by atoms with Crippen molar-refractivity contribution in [1.82, 2.24) is 14.1 Å². The number of oxazole rings is 1. The Morgan fingerprint density at radius 2 is 1.67 bits per heavy atom. The molecule has 0 spiro atoms. The van der Waals surface area contributed by atoms with Gasteiger partial charge in [0, 0.05) is 24.3 Å². The minimum Gasteiger partial charge on any atom is -0.408 e. The highest BCUT2D eigenvalue weighted by molar-refractivity contribution is 5.91. The summed E-state index contributed by atoms with van der Waals surface area (Å²) in [4.78, 5) is 28.8. The number of aryl methyl sites for hydroxylation is 1. The lowest BCUT2D eigenvalue weighted by molar-refractivity contribution is -0.116. The van der Waals surface area contributed by atoms with E-state index in [-0.39, 0.29) is 18.9 Å². The summed E-state index contributed by atoms with van der Waals surface area (Å²) in [7, 11) is 0. The summed E-state index contributed by atoms with van der Waals surface area (Å²) in [6.45, 7) is 0.251. The molecule has 2 heterocycles. The van der Waals surface area contributed by atoms with Gasteiger partial charge in [0.2, 0.25) is 5.91 Å². The highest BCUT2D eigenvalue weighted by Gasteiger charge is 2.11. The first-order chi connectivity index (χ1) is 14.7. The quantitative estimate of drug-likeness (QED) is 0.486. The SMILES string of the molecule is O=C(CCn1c(=O)oc2ccccc21)Nc1ccc(-n2cnc3ccccc32)cc1. The smallest absolute Gasteiger partial charge is 0.408 e. The Morgan fingerprint density at radius 3 is 2.50 bits per heavy atom. The number of para-hydroxylation sites is 4. The van der Waals surface area contributed by atoms with E-state index in [0.717, 1.165) is 16.7 Å². The maximum Gasteiger partial charge on any atom is 0.419 e. The molecule has 0 atom stereocenters. The first-order valence-electron chi connectivity index (χ1n) is 9.60. The molecule has 0 bridgehead atoms. The van der Waals surface area contributed by atoms with Crippen molar-refractivity contribution in [3.05, 3.63) is 89.7 Å². The van der Waals surface area contributed by atoms with Gasteiger partial charge < -0.3 is 9.73 Å². The van der Waals surface area contributed by atoms with E-state index < -0.39 is 5.76 Å². The van der Waals surface area contributed by atoms with E-state index in [1.165, 1.54) is 4.57 Å². The van der Waals surface area contributed by atoms with E-state index in [2.05, 4.69) is 10.3 Å². The number of nitrogens with one attached hydrogen (secondary N) is 1. The fourth-order valence-electron chi connectivity index (χ4n) is 3.53. The van der Waals surface area contributed by atoms with Crippen molar-refractivity contribution in [2.75, 3.05) is 5.32 Å². The Balaban J connectivity index is 1.27. The van der Waals surface area contributed by atoms with Crippen LogP contribution in [-0.2, 0) is 11.3 Å². The van der Waals surface area contributed by atoms with Gasteiger partial charge in [-0.1, -0.05) is 24.3 Å². The van der Waals surface area contributed by atoms with Gasteiger partial charge in [-0.05, 0) is 48.5 Å². The van der Waals surface area contributed by atoms with Crippen molar-refractivity contribution >= 4 is 33.7 Å². The number of fused-ring (bicyclic) bond motifs is 2. The zero-order chi connectivity index (χ0) is 20.5. The molecule has 0 saturated carbocycles. The van der Waals surface area contributed by atoms with Crippen molar-refractivity contribution < 1.29 is 9.21 Å². The van der Waals surface area contributed by atoms with Gasteiger partial charge in [-0.3, -0.25) is 13.9 Å². The molecule has 1 amide bonds. The molecule has 5 aromatic rings. The van der Waals surface area contributed by atoms with Crippen LogP contribution in [-0.4, -0.2) is 20.0 Å². The number of amides is 1. The highest BCUT2D eigenvalue weighted by Crippen LogP contribution is 2.20. The molecule has 7 nitrogen and oxygen atoms in total. The summed E-state index contributed by atoms with van der Waals surface area (Å²) < 4.78 is 8.67. The normalized spacial score (nSPS) is 11.2. The number of benzene rings is 3. The van der Waals surface area contributed by atoms with Crippen LogP contribution in [0.15, 0.2) is 88.3 Å². The average Bonchev–Trinajstić information content (AvgIpc) is 3.33. The van der Waals surface area contributed by atoms with Crippen molar-refractivity contribution in [2.45, 2.75) is 13.0 Å². The second-order valence-corrected chi connectivity index (χ2v) is 6.94. The molecule has 0 aliphatic heterocycles. The number of hydrogen-bond acceptors (Lipinski definition) is 4. The fourth-order valence-corrected chi connectivity index (χ4v) is 3.53. The van der Waals surface area contributed by atoms with E-state index in [9.17, 15) is 9.59 Å². The molecular weight excluding hydrogens is 380 g/mol. The molecule has 0 radical (unpaired) electrons. The number of aromatic nitrogens is 3. The van der Waals surface area contributed by atoms with Crippen LogP contribution >= 0.6 is 0 Å². The number of carbonyl (C=O) groups is 1. The zero-order valence-electron chi connectivity index (χ0n) is 16.0. The maximum absolute atomic E-state index is 12.4. The predicted molar refractivity (Wildman–Crippen MR) is 115 cm³/mol. The number of nitrogens with zero attached hydrogens (tertiary/aromatic N) is 3. The molecule has 1 N–H and O–H groups in total. The molecule has 30 heavy (non-hydrogen) atoms. The Morgan fingerprint density at radius 1 is 0.933 bits per heavy atom. The van der Waals surface area contributed by atoms with Crippen molar-refractivity contribution in [1.29, 1.82) is 0 Å². The van der Waals surface area contributed by atoms with Crippen LogP contribution in [0.4, 0.5) is 5.69 Å². The zero-order valence-corrected chi connectivity index (χ0v) is 16.0. The van der Waals surface area contributed by atoms with Crippen molar-refractivity contribution in [2.24, 2.45) is 0 Å².